The molecule has 6 heteroatoms. The average Bonchev–Trinajstić information content (AvgIpc) is 3.33. The fourth-order valence-electron chi connectivity index (χ4n) is 5.03. The van der Waals surface area contributed by atoms with Crippen molar-refractivity contribution in [3.8, 4) is 0 Å². The Morgan fingerprint density at radius 1 is 1.03 bits per heavy atom. The fraction of sp³-hybridized carbons (Fsp3) is 0.393. The number of aliphatic carboxylic acids is 1. The van der Waals surface area contributed by atoms with E-state index in [0.29, 0.717) is 19.3 Å². The molecule has 1 aliphatic carbocycles. The molecule has 0 saturated carbocycles. The molecule has 178 valence electrons. The molecule has 3 aromatic rings. The Bertz CT molecular complexity index is 1210. The first-order valence-electron chi connectivity index (χ1n) is 11.7. The van der Waals surface area contributed by atoms with Crippen LogP contribution in [0.2, 0.25) is 0 Å². The fourth-order valence-corrected chi connectivity index (χ4v) is 5.03. The lowest BCUT2D eigenvalue weighted by Crippen LogP contribution is -2.38. The molecule has 6 nitrogen and oxygen atoms in total. The summed E-state index contributed by atoms with van der Waals surface area (Å²) in [6.07, 6.45) is 2.64. The van der Waals surface area contributed by atoms with Gasteiger partial charge in [0.2, 0.25) is 0 Å². The predicted octanol–water partition coefficient (Wildman–Crippen LogP) is 4.89. The van der Waals surface area contributed by atoms with Gasteiger partial charge in [-0.05, 0) is 62.8 Å². The number of rotatable bonds is 8. The Labute approximate surface area is 199 Å². The van der Waals surface area contributed by atoms with Crippen LogP contribution in [-0.2, 0) is 38.4 Å². The zero-order valence-electron chi connectivity index (χ0n) is 19.9. The molecule has 4 rings (SSSR count). The molecule has 0 radical (unpaired) electrons. The summed E-state index contributed by atoms with van der Waals surface area (Å²) in [5, 5.41) is 10.6. The first-order chi connectivity index (χ1) is 16.1. The maximum absolute atomic E-state index is 13.8. The van der Waals surface area contributed by atoms with Gasteiger partial charge < -0.3 is 14.8 Å². The van der Waals surface area contributed by atoms with Gasteiger partial charge in [0.1, 0.15) is 11.4 Å². The largest absolute Gasteiger partial charge is 0.481 e. The number of para-hydroxylation sites is 1. The topological polar surface area (TPSA) is 96.5 Å². The smallest absolute Gasteiger partial charge is 0.310 e. The van der Waals surface area contributed by atoms with Gasteiger partial charge in [-0.15, -0.1) is 0 Å². The van der Waals surface area contributed by atoms with E-state index in [1.807, 2.05) is 54.7 Å². The average molecular weight is 462 g/mol. The van der Waals surface area contributed by atoms with Crippen LogP contribution < -0.4 is 0 Å². The van der Waals surface area contributed by atoms with Crippen molar-refractivity contribution in [1.29, 1.82) is 0 Å². The van der Waals surface area contributed by atoms with Crippen LogP contribution in [0.25, 0.3) is 10.9 Å². The Morgan fingerprint density at radius 2 is 1.65 bits per heavy atom. The van der Waals surface area contributed by atoms with E-state index in [9.17, 15) is 19.5 Å². The monoisotopic (exact) mass is 461 g/mol. The van der Waals surface area contributed by atoms with Crippen LogP contribution in [0.1, 0.15) is 50.3 Å². The van der Waals surface area contributed by atoms with Gasteiger partial charge in [-0.2, -0.15) is 0 Å². The van der Waals surface area contributed by atoms with Gasteiger partial charge in [-0.1, -0.05) is 42.5 Å². The van der Waals surface area contributed by atoms with Crippen molar-refractivity contribution in [1.82, 2.24) is 4.98 Å². The number of fused-ring (bicyclic) bond motifs is 2. The third-order valence-electron chi connectivity index (χ3n) is 6.57. The minimum Gasteiger partial charge on any atom is -0.481 e. The van der Waals surface area contributed by atoms with E-state index in [4.69, 9.17) is 4.74 Å². The first kappa shape index (κ1) is 23.7. The summed E-state index contributed by atoms with van der Waals surface area (Å²) >= 11 is 0. The van der Waals surface area contributed by atoms with E-state index in [1.165, 1.54) is 0 Å². The number of hydrogen-bond acceptors (Lipinski definition) is 4. The number of carbonyl (C=O) groups excluding carboxylic acids is 2. The van der Waals surface area contributed by atoms with Crippen LogP contribution in [0.3, 0.4) is 0 Å². The number of Topliss-reactive ketones (excluding diaryl/α,β-unsaturated/α-hetero) is 1. The van der Waals surface area contributed by atoms with Crippen molar-refractivity contribution >= 4 is 28.6 Å². The number of H-pyrrole nitrogens is 1. The van der Waals surface area contributed by atoms with Gasteiger partial charge in [0.25, 0.3) is 0 Å². The molecule has 34 heavy (non-hydrogen) atoms. The lowest BCUT2D eigenvalue weighted by Gasteiger charge is -2.29. The number of ether oxygens (including phenoxy) is 1. The molecule has 0 unspecified atom stereocenters. The second kappa shape index (κ2) is 9.09. The number of ketones is 1. The van der Waals surface area contributed by atoms with Crippen LogP contribution >= 0.6 is 0 Å². The van der Waals surface area contributed by atoms with E-state index in [0.717, 1.165) is 27.6 Å². The Balaban J connectivity index is 1.63. The molecule has 0 fully saturated rings. The Kier molecular flexibility index (Phi) is 6.34. The molecule has 0 bridgehead atoms. The van der Waals surface area contributed by atoms with E-state index in [-0.39, 0.29) is 18.6 Å². The van der Waals surface area contributed by atoms with Gasteiger partial charge in [-0.3, -0.25) is 14.4 Å². The molecule has 0 spiro atoms. The summed E-state index contributed by atoms with van der Waals surface area (Å²) in [7, 11) is 0. The molecule has 1 heterocycles. The van der Waals surface area contributed by atoms with E-state index in [2.05, 4.69) is 4.98 Å². The maximum atomic E-state index is 13.8. The highest BCUT2D eigenvalue weighted by molar-refractivity contribution is 5.93. The molecular weight excluding hydrogens is 430 g/mol. The number of aromatic amines is 1. The minimum atomic E-state index is -1.05. The second-order valence-corrected chi connectivity index (χ2v) is 10.4. The van der Waals surface area contributed by atoms with Crippen LogP contribution in [0.5, 0.6) is 0 Å². The number of carboxylic acid groups (broad SMARTS) is 1. The van der Waals surface area contributed by atoms with E-state index < -0.39 is 28.9 Å². The highest BCUT2D eigenvalue weighted by Gasteiger charge is 2.46. The highest BCUT2D eigenvalue weighted by atomic mass is 16.6. The van der Waals surface area contributed by atoms with Crippen LogP contribution in [0.15, 0.2) is 54.7 Å². The number of aromatic nitrogens is 1. The molecule has 1 atom stereocenters. The minimum absolute atomic E-state index is 0.0598. The van der Waals surface area contributed by atoms with Crippen molar-refractivity contribution in [2.24, 2.45) is 11.3 Å². The van der Waals surface area contributed by atoms with Gasteiger partial charge >= 0.3 is 11.9 Å². The van der Waals surface area contributed by atoms with E-state index >= 15 is 0 Å². The summed E-state index contributed by atoms with van der Waals surface area (Å²) < 4.78 is 5.68. The van der Waals surface area contributed by atoms with Gasteiger partial charge in [-0.25, -0.2) is 0 Å². The van der Waals surface area contributed by atoms with Crippen molar-refractivity contribution < 1.29 is 24.2 Å². The van der Waals surface area contributed by atoms with Crippen molar-refractivity contribution in [3.05, 3.63) is 71.4 Å². The molecular formula is C28H31NO5. The third kappa shape index (κ3) is 5.06. The molecule has 2 N–H and O–H groups in total. The number of nitrogens with one attached hydrogen (secondary N) is 1. The summed E-state index contributed by atoms with van der Waals surface area (Å²) in [6, 6.07) is 15.5. The van der Waals surface area contributed by atoms with E-state index in [1.54, 1.807) is 20.8 Å². The Morgan fingerprint density at radius 3 is 2.26 bits per heavy atom. The molecule has 0 aliphatic heterocycles. The SMILES string of the molecule is CC(C)(C)OC(=O)[C@@H](CC(=O)C1(CC(=O)O)Cc2ccccc2C1)Cc1c[nH]c2ccccc12. The van der Waals surface area contributed by atoms with Crippen molar-refractivity contribution in [2.45, 2.75) is 58.5 Å². The summed E-state index contributed by atoms with van der Waals surface area (Å²) in [4.78, 5) is 42.0. The number of carbonyl (C=O) groups is 3. The third-order valence-corrected chi connectivity index (χ3v) is 6.57. The number of esters is 1. The standard InChI is InChI=1S/C28H31NO5/c1-27(2,3)34-26(33)20(12-21-17-29-23-11-7-6-10-22(21)23)13-24(30)28(16-25(31)32)14-18-8-4-5-9-19(18)15-28/h4-11,17,20,29H,12-16H2,1-3H3,(H,31,32)/t20-/m1/s1. The Hall–Kier alpha value is -3.41. The molecule has 1 aromatic heterocycles. The first-order valence-corrected chi connectivity index (χ1v) is 11.7. The zero-order chi connectivity index (χ0) is 24.5. The number of hydrogen-bond donors (Lipinski definition) is 2. The molecule has 2 aromatic carbocycles. The quantitative estimate of drug-likeness (QED) is 0.466. The van der Waals surface area contributed by atoms with Crippen molar-refractivity contribution in [3.63, 3.8) is 0 Å². The summed E-state index contributed by atoms with van der Waals surface area (Å²) in [6.45, 7) is 5.40. The van der Waals surface area contributed by atoms with Gasteiger partial charge in [0, 0.05) is 28.9 Å². The van der Waals surface area contributed by atoms with Crippen LogP contribution in [0.4, 0.5) is 0 Å². The summed E-state index contributed by atoms with van der Waals surface area (Å²) in [5.41, 5.74) is 2.16. The molecule has 0 amide bonds. The molecule has 0 saturated heterocycles. The lowest BCUT2D eigenvalue weighted by molar-refractivity contribution is -0.161. The number of carboxylic acids is 1. The van der Waals surface area contributed by atoms with Crippen molar-refractivity contribution in [2.75, 3.05) is 0 Å². The van der Waals surface area contributed by atoms with Gasteiger partial charge in [0.05, 0.1) is 12.3 Å². The van der Waals surface area contributed by atoms with Crippen LogP contribution in [-0.4, -0.2) is 33.4 Å². The zero-order valence-corrected chi connectivity index (χ0v) is 19.9. The van der Waals surface area contributed by atoms with Crippen LogP contribution in [0, 0.1) is 11.3 Å². The predicted molar refractivity (Wildman–Crippen MR) is 129 cm³/mol. The summed E-state index contributed by atoms with van der Waals surface area (Å²) in [5.74, 6) is -2.35. The number of benzene rings is 2. The second-order valence-electron chi connectivity index (χ2n) is 10.4. The lowest BCUT2D eigenvalue weighted by atomic mass is 9.74. The highest BCUT2D eigenvalue weighted by Crippen LogP contribution is 2.42. The van der Waals surface area contributed by atoms with Gasteiger partial charge in [0.15, 0.2) is 0 Å². The maximum Gasteiger partial charge on any atom is 0.310 e. The molecule has 1 aliphatic rings. The normalized spacial score (nSPS) is 15.6.